The molecule has 0 aromatic heterocycles. The minimum Gasteiger partial charge on any atom is -0.369 e. The number of hydrogen-bond donors (Lipinski definition) is 3. The van der Waals surface area contributed by atoms with Crippen LogP contribution < -0.4 is 11.1 Å². The van der Waals surface area contributed by atoms with Gasteiger partial charge in [0.05, 0.1) is 16.6 Å². The molecule has 128 valence electrons. The zero-order chi connectivity index (χ0) is 16.3. The van der Waals surface area contributed by atoms with Gasteiger partial charge in [-0.25, -0.2) is 8.78 Å². The first-order chi connectivity index (χ1) is 10.3. The van der Waals surface area contributed by atoms with Crippen molar-refractivity contribution in [3.8, 4) is 0 Å². The van der Waals surface area contributed by atoms with Crippen molar-refractivity contribution in [1.29, 1.82) is 5.41 Å². The molecule has 0 radical (unpaired) electrons. The molecule has 1 fully saturated rings. The van der Waals surface area contributed by atoms with E-state index in [-0.39, 0.29) is 37.3 Å². The fourth-order valence-electron chi connectivity index (χ4n) is 1.99. The quantitative estimate of drug-likeness (QED) is 0.540. The van der Waals surface area contributed by atoms with Crippen molar-refractivity contribution in [3.05, 3.63) is 33.8 Å². The average Bonchev–Trinajstić information content (AvgIpc) is 2.80. The Kier molecular flexibility index (Phi) is 6.85. The SMILES string of the molecule is Cl.N=C(N=C(N)N1CCC(F)(F)C1)NCc1ccc(Cl)c(Cl)c1. The summed E-state index contributed by atoms with van der Waals surface area (Å²) < 4.78 is 26.2. The molecule has 1 aliphatic rings. The molecule has 5 nitrogen and oxygen atoms in total. The molecule has 0 saturated carbocycles. The second kappa shape index (κ2) is 7.99. The highest BCUT2D eigenvalue weighted by Crippen LogP contribution is 2.26. The number of halogens is 5. The van der Waals surface area contributed by atoms with Crippen LogP contribution in [0.25, 0.3) is 0 Å². The lowest BCUT2D eigenvalue weighted by Gasteiger charge is -2.16. The van der Waals surface area contributed by atoms with Crippen LogP contribution in [-0.4, -0.2) is 35.8 Å². The average molecular weight is 387 g/mol. The number of guanidine groups is 2. The maximum Gasteiger partial charge on any atom is 0.267 e. The summed E-state index contributed by atoms with van der Waals surface area (Å²) >= 11 is 11.7. The predicted octanol–water partition coefficient (Wildman–Crippen LogP) is 3.10. The molecule has 0 atom stereocenters. The van der Waals surface area contributed by atoms with E-state index in [0.29, 0.717) is 16.6 Å². The molecule has 1 saturated heterocycles. The summed E-state index contributed by atoms with van der Waals surface area (Å²) in [5, 5.41) is 11.3. The Morgan fingerprint density at radius 1 is 1.39 bits per heavy atom. The summed E-state index contributed by atoms with van der Waals surface area (Å²) in [4.78, 5) is 5.04. The van der Waals surface area contributed by atoms with Crippen molar-refractivity contribution < 1.29 is 8.78 Å². The predicted molar refractivity (Wildman–Crippen MR) is 91.0 cm³/mol. The summed E-state index contributed by atoms with van der Waals surface area (Å²) in [6, 6.07) is 5.06. The molecule has 1 aromatic carbocycles. The molecule has 1 aliphatic heterocycles. The second-order valence-corrected chi connectivity index (χ2v) is 5.76. The van der Waals surface area contributed by atoms with E-state index in [1.807, 2.05) is 0 Å². The zero-order valence-corrected chi connectivity index (χ0v) is 14.3. The highest BCUT2D eigenvalue weighted by molar-refractivity contribution is 6.42. The van der Waals surface area contributed by atoms with E-state index in [1.54, 1.807) is 18.2 Å². The van der Waals surface area contributed by atoms with Crippen molar-refractivity contribution in [3.63, 3.8) is 0 Å². The standard InChI is InChI=1S/C13H15Cl2F2N5.ClH/c14-9-2-1-8(5-10(9)15)6-20-11(18)21-12(19)22-4-3-13(16,17)7-22;/h1-2,5H,3-4,6-7H2,(H4,18,19,20,21);1H. The molecule has 0 amide bonds. The molecule has 1 aromatic rings. The van der Waals surface area contributed by atoms with Crippen LogP contribution in [0.15, 0.2) is 23.2 Å². The second-order valence-electron chi connectivity index (χ2n) is 4.95. The summed E-state index contributed by atoms with van der Waals surface area (Å²) in [6.45, 7) is -0.0481. The van der Waals surface area contributed by atoms with E-state index in [0.717, 1.165) is 5.56 Å². The van der Waals surface area contributed by atoms with Crippen LogP contribution in [0.1, 0.15) is 12.0 Å². The Labute approximate surface area is 148 Å². The summed E-state index contributed by atoms with van der Waals surface area (Å²) in [5.74, 6) is -3.06. The zero-order valence-electron chi connectivity index (χ0n) is 12.0. The Bertz CT molecular complexity index is 609. The molecule has 0 unspecified atom stereocenters. The lowest BCUT2D eigenvalue weighted by molar-refractivity contribution is 0.0175. The first kappa shape index (κ1) is 19.7. The number of hydrogen-bond acceptors (Lipinski definition) is 1. The van der Waals surface area contributed by atoms with Gasteiger partial charge in [0.2, 0.25) is 5.96 Å². The van der Waals surface area contributed by atoms with Crippen LogP contribution in [0.4, 0.5) is 8.78 Å². The smallest absolute Gasteiger partial charge is 0.267 e. The van der Waals surface area contributed by atoms with Gasteiger partial charge < -0.3 is 16.0 Å². The van der Waals surface area contributed by atoms with Crippen molar-refractivity contribution in [1.82, 2.24) is 10.2 Å². The van der Waals surface area contributed by atoms with Crippen LogP contribution in [-0.2, 0) is 6.54 Å². The Balaban J connectivity index is 0.00000264. The van der Waals surface area contributed by atoms with Crippen molar-refractivity contribution in [2.45, 2.75) is 18.9 Å². The molecule has 1 heterocycles. The van der Waals surface area contributed by atoms with Crippen LogP contribution in [0.5, 0.6) is 0 Å². The van der Waals surface area contributed by atoms with Gasteiger partial charge >= 0.3 is 0 Å². The molecular formula is C13H16Cl3F2N5. The van der Waals surface area contributed by atoms with Crippen LogP contribution in [0.2, 0.25) is 10.0 Å². The highest BCUT2D eigenvalue weighted by Gasteiger charge is 2.39. The fourth-order valence-corrected chi connectivity index (χ4v) is 2.31. The Hall–Kier alpha value is -1.31. The molecule has 4 N–H and O–H groups in total. The molecular weight excluding hydrogens is 371 g/mol. The third-order valence-corrected chi connectivity index (χ3v) is 3.90. The number of aliphatic imine (C=N–C) groups is 1. The molecule has 0 aliphatic carbocycles. The van der Waals surface area contributed by atoms with E-state index in [1.165, 1.54) is 4.90 Å². The number of likely N-dealkylation sites (tertiary alicyclic amines) is 1. The molecule has 0 bridgehead atoms. The molecule has 23 heavy (non-hydrogen) atoms. The lowest BCUT2D eigenvalue weighted by Crippen LogP contribution is -2.38. The maximum absolute atomic E-state index is 13.1. The monoisotopic (exact) mass is 385 g/mol. The number of alkyl halides is 2. The van der Waals surface area contributed by atoms with Gasteiger partial charge in [-0.05, 0) is 17.7 Å². The number of rotatable bonds is 2. The Morgan fingerprint density at radius 2 is 2.09 bits per heavy atom. The molecule has 0 spiro atoms. The van der Waals surface area contributed by atoms with Gasteiger partial charge in [0, 0.05) is 19.5 Å². The van der Waals surface area contributed by atoms with Crippen molar-refractivity contribution >= 4 is 47.5 Å². The van der Waals surface area contributed by atoms with Gasteiger partial charge in [-0.1, -0.05) is 29.3 Å². The van der Waals surface area contributed by atoms with E-state index >= 15 is 0 Å². The fraction of sp³-hybridized carbons (Fsp3) is 0.385. The van der Waals surface area contributed by atoms with Crippen LogP contribution >= 0.6 is 35.6 Å². The first-order valence-corrected chi connectivity index (χ1v) is 7.26. The number of benzene rings is 1. The van der Waals surface area contributed by atoms with E-state index in [9.17, 15) is 8.78 Å². The van der Waals surface area contributed by atoms with Gasteiger partial charge in [-0.3, -0.25) is 5.41 Å². The summed E-state index contributed by atoms with van der Waals surface area (Å²) in [5.41, 5.74) is 6.44. The highest BCUT2D eigenvalue weighted by atomic mass is 35.5. The van der Waals surface area contributed by atoms with Gasteiger partial charge in [0.25, 0.3) is 5.92 Å². The maximum atomic E-state index is 13.1. The number of nitrogens with zero attached hydrogens (tertiary/aromatic N) is 2. The van der Waals surface area contributed by atoms with E-state index in [4.69, 9.17) is 34.3 Å². The van der Waals surface area contributed by atoms with Gasteiger partial charge in [-0.2, -0.15) is 4.99 Å². The van der Waals surface area contributed by atoms with Gasteiger partial charge in [-0.15, -0.1) is 12.4 Å². The third-order valence-electron chi connectivity index (χ3n) is 3.16. The topological polar surface area (TPSA) is 77.5 Å². The number of nitrogens with two attached hydrogens (primary N) is 1. The largest absolute Gasteiger partial charge is 0.369 e. The first-order valence-electron chi connectivity index (χ1n) is 6.50. The van der Waals surface area contributed by atoms with Crippen LogP contribution in [0.3, 0.4) is 0 Å². The van der Waals surface area contributed by atoms with E-state index < -0.39 is 12.5 Å². The van der Waals surface area contributed by atoms with E-state index in [2.05, 4.69) is 10.3 Å². The summed E-state index contributed by atoms with van der Waals surface area (Å²) in [7, 11) is 0. The van der Waals surface area contributed by atoms with Crippen molar-refractivity contribution in [2.24, 2.45) is 10.7 Å². The molecule has 10 heteroatoms. The van der Waals surface area contributed by atoms with Crippen LogP contribution in [0, 0.1) is 5.41 Å². The number of nitrogens with one attached hydrogen (secondary N) is 2. The third kappa shape index (κ3) is 5.67. The Morgan fingerprint density at radius 3 is 2.65 bits per heavy atom. The van der Waals surface area contributed by atoms with Gasteiger partial charge in [0.1, 0.15) is 0 Å². The lowest BCUT2D eigenvalue weighted by atomic mass is 10.2. The minimum absolute atomic E-state index is 0. The van der Waals surface area contributed by atoms with Gasteiger partial charge in [0.15, 0.2) is 5.96 Å². The normalized spacial score (nSPS) is 16.9. The molecule has 2 rings (SSSR count). The van der Waals surface area contributed by atoms with Crippen molar-refractivity contribution in [2.75, 3.05) is 13.1 Å². The summed E-state index contributed by atoms with van der Waals surface area (Å²) in [6.07, 6.45) is -0.257. The minimum atomic E-state index is -2.75.